The molecule has 3 heteroatoms. The molecule has 0 fully saturated rings. The van der Waals surface area contributed by atoms with Crippen molar-refractivity contribution < 1.29 is 14.6 Å². The van der Waals surface area contributed by atoms with Crippen molar-refractivity contribution in [3.8, 4) is 17.2 Å². The first kappa shape index (κ1) is 36.5. The third-order valence-electron chi connectivity index (χ3n) is 8.78. The molecule has 3 nitrogen and oxygen atoms in total. The lowest BCUT2D eigenvalue weighted by Crippen LogP contribution is -2.34. The average molecular weight is 615 g/mol. The Morgan fingerprint density at radius 1 is 0.489 bits per heavy atom. The molecule has 0 amide bonds. The van der Waals surface area contributed by atoms with Gasteiger partial charge in [-0.15, -0.1) is 0 Å². The molecule has 0 spiro atoms. The highest BCUT2D eigenvalue weighted by atomic mass is 16.5. The summed E-state index contributed by atoms with van der Waals surface area (Å²) in [6, 6.07) is 22.8. The van der Waals surface area contributed by atoms with Gasteiger partial charge in [-0.05, 0) is 88.3 Å². The fourth-order valence-electron chi connectivity index (χ4n) is 6.35. The van der Waals surface area contributed by atoms with Crippen LogP contribution in [0.25, 0.3) is 0 Å². The summed E-state index contributed by atoms with van der Waals surface area (Å²) in [4.78, 5) is 0. The second-order valence-corrected chi connectivity index (χ2v) is 14.2. The Hall–Kier alpha value is -2.94. The first-order chi connectivity index (χ1) is 21.6. The van der Waals surface area contributed by atoms with Crippen LogP contribution in [-0.2, 0) is 25.7 Å². The minimum atomic E-state index is -0.500. The highest BCUT2D eigenvalue weighted by molar-refractivity contribution is 5.42. The zero-order chi connectivity index (χ0) is 32.5. The molecule has 0 aliphatic heterocycles. The molecule has 3 aromatic rings. The van der Waals surface area contributed by atoms with Gasteiger partial charge in [-0.1, -0.05) is 127 Å². The highest BCUT2D eigenvalue weighted by Crippen LogP contribution is 2.34. The van der Waals surface area contributed by atoms with E-state index < -0.39 is 11.2 Å². The molecular weight excluding hydrogens is 552 g/mol. The normalized spacial score (nSPS) is 12.0. The summed E-state index contributed by atoms with van der Waals surface area (Å²) in [5, 5.41) is 11.1. The first-order valence-corrected chi connectivity index (χ1v) is 18.0. The van der Waals surface area contributed by atoms with Crippen molar-refractivity contribution in [3.63, 3.8) is 0 Å². The summed E-state index contributed by atoms with van der Waals surface area (Å²) < 4.78 is 13.4. The van der Waals surface area contributed by atoms with Crippen LogP contribution in [0.3, 0.4) is 0 Å². The SMILES string of the molecule is CCCCCCCCc1ccccc1OC(C)(C)Cc1cccc(O)c1CC(C)(C)Oc1ccccc1CCCCCCCC. The highest BCUT2D eigenvalue weighted by Gasteiger charge is 2.28. The van der Waals surface area contributed by atoms with Crippen molar-refractivity contribution in [3.05, 3.63) is 89.0 Å². The molecule has 0 atom stereocenters. The molecular formula is C42H62O3. The van der Waals surface area contributed by atoms with Gasteiger partial charge in [-0.2, -0.15) is 0 Å². The quantitative estimate of drug-likeness (QED) is 0.114. The molecule has 0 aliphatic carbocycles. The summed E-state index contributed by atoms with van der Waals surface area (Å²) in [5.74, 6) is 2.26. The first-order valence-electron chi connectivity index (χ1n) is 18.0. The van der Waals surface area contributed by atoms with Crippen LogP contribution in [0.2, 0.25) is 0 Å². The van der Waals surface area contributed by atoms with Crippen molar-refractivity contribution >= 4 is 0 Å². The van der Waals surface area contributed by atoms with Gasteiger partial charge in [0.1, 0.15) is 28.5 Å². The predicted molar refractivity (Wildman–Crippen MR) is 192 cm³/mol. The maximum atomic E-state index is 11.1. The van der Waals surface area contributed by atoms with E-state index in [-0.39, 0.29) is 0 Å². The number of phenolic OH excluding ortho intramolecular Hbond substituents is 1. The van der Waals surface area contributed by atoms with Crippen LogP contribution in [0.1, 0.15) is 141 Å². The maximum absolute atomic E-state index is 11.1. The standard InChI is InChI=1S/C42H62O3/c1-7-9-11-13-15-17-24-34-26-19-21-30-39(34)44-41(3,4)32-36-28-23-29-38(43)37(36)33-42(5,6)45-40-31-22-20-27-35(40)25-18-16-14-12-10-8-2/h19-23,26-31,43H,7-18,24-25,32-33H2,1-6H3. The number of aromatic hydroxyl groups is 1. The molecule has 3 aromatic carbocycles. The molecule has 0 saturated heterocycles. The van der Waals surface area contributed by atoms with E-state index in [2.05, 4.69) is 96.1 Å². The number of aryl methyl sites for hydroxylation is 2. The number of ether oxygens (including phenoxy) is 2. The Kier molecular flexibility index (Phi) is 15.3. The third-order valence-corrected chi connectivity index (χ3v) is 8.78. The van der Waals surface area contributed by atoms with Crippen LogP contribution in [0.4, 0.5) is 0 Å². The summed E-state index contributed by atoms with van der Waals surface area (Å²) >= 11 is 0. The molecule has 0 aromatic heterocycles. The topological polar surface area (TPSA) is 38.7 Å². The Labute approximate surface area is 275 Å². The van der Waals surface area contributed by atoms with Crippen LogP contribution in [0.5, 0.6) is 17.2 Å². The Balaban J connectivity index is 1.67. The number of hydrogen-bond acceptors (Lipinski definition) is 3. The molecule has 248 valence electrons. The number of hydrogen-bond donors (Lipinski definition) is 1. The van der Waals surface area contributed by atoms with Crippen molar-refractivity contribution in [2.45, 2.75) is 155 Å². The number of rotatable bonds is 22. The molecule has 0 heterocycles. The minimum absolute atomic E-state index is 0.323. The van der Waals surface area contributed by atoms with Crippen molar-refractivity contribution in [2.75, 3.05) is 0 Å². The Bertz CT molecular complexity index is 1260. The lowest BCUT2D eigenvalue weighted by molar-refractivity contribution is 0.101. The van der Waals surface area contributed by atoms with Crippen LogP contribution in [0.15, 0.2) is 66.7 Å². The Morgan fingerprint density at radius 2 is 0.911 bits per heavy atom. The number of phenols is 1. The van der Waals surface area contributed by atoms with E-state index in [1.54, 1.807) is 6.07 Å². The van der Waals surface area contributed by atoms with Crippen molar-refractivity contribution in [1.82, 2.24) is 0 Å². The van der Waals surface area contributed by atoms with E-state index in [9.17, 15) is 5.11 Å². The van der Waals surface area contributed by atoms with Gasteiger partial charge in [0.15, 0.2) is 0 Å². The maximum Gasteiger partial charge on any atom is 0.123 e. The molecule has 0 unspecified atom stereocenters. The summed E-state index contributed by atoms with van der Waals surface area (Å²) in [5.41, 5.74) is 3.64. The molecule has 1 N–H and O–H groups in total. The van der Waals surface area contributed by atoms with E-state index >= 15 is 0 Å². The van der Waals surface area contributed by atoms with Crippen molar-refractivity contribution in [2.24, 2.45) is 0 Å². The van der Waals surface area contributed by atoms with Gasteiger partial charge >= 0.3 is 0 Å². The van der Waals surface area contributed by atoms with Gasteiger partial charge in [0, 0.05) is 18.4 Å². The third kappa shape index (κ3) is 13.1. The van der Waals surface area contributed by atoms with E-state index in [0.29, 0.717) is 18.6 Å². The largest absolute Gasteiger partial charge is 0.508 e. The van der Waals surface area contributed by atoms with E-state index in [1.165, 1.54) is 88.2 Å². The molecule has 3 rings (SSSR count). The van der Waals surface area contributed by atoms with E-state index in [1.807, 2.05) is 6.07 Å². The lowest BCUT2D eigenvalue weighted by atomic mass is 9.88. The monoisotopic (exact) mass is 614 g/mol. The van der Waals surface area contributed by atoms with Crippen LogP contribution in [0, 0.1) is 0 Å². The molecule has 0 radical (unpaired) electrons. The van der Waals surface area contributed by atoms with E-state index in [4.69, 9.17) is 9.47 Å². The van der Waals surface area contributed by atoms with E-state index in [0.717, 1.165) is 35.5 Å². The van der Waals surface area contributed by atoms with Crippen LogP contribution >= 0.6 is 0 Å². The molecule has 0 aliphatic rings. The van der Waals surface area contributed by atoms with Crippen LogP contribution < -0.4 is 9.47 Å². The Morgan fingerprint density at radius 3 is 1.42 bits per heavy atom. The summed E-state index contributed by atoms with van der Waals surface area (Å²) in [6.07, 6.45) is 18.8. The lowest BCUT2D eigenvalue weighted by Gasteiger charge is -2.32. The van der Waals surface area contributed by atoms with Gasteiger partial charge in [-0.25, -0.2) is 0 Å². The second kappa shape index (κ2) is 18.9. The van der Waals surface area contributed by atoms with Gasteiger partial charge in [-0.3, -0.25) is 0 Å². The summed E-state index contributed by atoms with van der Waals surface area (Å²) in [7, 11) is 0. The fraction of sp³-hybridized carbons (Fsp3) is 0.571. The molecule has 0 saturated carbocycles. The van der Waals surface area contributed by atoms with Crippen molar-refractivity contribution in [1.29, 1.82) is 0 Å². The molecule has 45 heavy (non-hydrogen) atoms. The fourth-order valence-corrected chi connectivity index (χ4v) is 6.35. The number of benzene rings is 3. The second-order valence-electron chi connectivity index (χ2n) is 14.2. The average Bonchev–Trinajstić information content (AvgIpc) is 2.99. The zero-order valence-electron chi connectivity index (χ0n) is 29.4. The van der Waals surface area contributed by atoms with Gasteiger partial charge in [0.05, 0.1) is 0 Å². The summed E-state index contributed by atoms with van der Waals surface area (Å²) in [6.45, 7) is 13.1. The van der Waals surface area contributed by atoms with Gasteiger partial charge < -0.3 is 14.6 Å². The van der Waals surface area contributed by atoms with Gasteiger partial charge in [0.25, 0.3) is 0 Å². The number of unbranched alkanes of at least 4 members (excludes halogenated alkanes) is 10. The minimum Gasteiger partial charge on any atom is -0.508 e. The van der Waals surface area contributed by atoms with Gasteiger partial charge in [0.2, 0.25) is 0 Å². The van der Waals surface area contributed by atoms with Crippen LogP contribution in [-0.4, -0.2) is 16.3 Å². The number of para-hydroxylation sites is 2. The predicted octanol–water partition coefficient (Wildman–Crippen LogP) is 12.0. The zero-order valence-corrected chi connectivity index (χ0v) is 29.4. The smallest absolute Gasteiger partial charge is 0.123 e. The molecule has 0 bridgehead atoms.